The second kappa shape index (κ2) is 30.0. The van der Waals surface area contributed by atoms with Gasteiger partial charge in [-0.15, -0.1) is 20.5 Å². The van der Waals surface area contributed by atoms with E-state index in [-0.39, 0.29) is 43.5 Å². The molecule has 1 aliphatic carbocycles. The molecule has 0 spiro atoms. The highest BCUT2D eigenvalue weighted by Gasteiger charge is 2.26. The number of para-hydroxylation sites is 2. The molecule has 0 atom stereocenters. The van der Waals surface area contributed by atoms with Crippen LogP contribution >= 0.6 is 34.4 Å². The smallest absolute Gasteiger partial charge is 0.313 e. The molecule has 7 aromatic rings. The first-order valence-corrected chi connectivity index (χ1v) is 31.7. The number of carbonyl (C=O) groups is 4. The fourth-order valence-electron chi connectivity index (χ4n) is 9.10. The van der Waals surface area contributed by atoms with Crippen LogP contribution in [0.4, 0.5) is 67.7 Å². The van der Waals surface area contributed by atoms with E-state index in [9.17, 15) is 32.1 Å². The molecule has 0 aliphatic heterocycles. The van der Waals surface area contributed by atoms with Crippen LogP contribution in [-0.2, 0) is 29.3 Å². The standard InChI is InChI=1S/C59H65N15O9S4/c1-9-73(10-2)47-30-43(45(32-49(47)82-7)69-71-57-60-34-40(85-57)28-41(35(5)75)52(77)61-37-22-16-13-17-23-37)63-55-66-56(68-58(67-55)84-39-26-20-15-21-27-39)64-44-31-48(74(11-3)12-4)50(83-8)33-46(44)70-72-59-65-54(87(79,80)81)51(86-59)29-42(36(6)76)53(78)62-38-24-18-14-19-25-38/h13-14,16-19,22-25,28-34,39H,9-12,15,20-21,26-27H2,1-8H3,(H,61,77)(H,62,78)(H,79,80,81)(H2,63,64,66,67,68)/b41-28+,42-29-,71-69+,72-70+. The van der Waals surface area contributed by atoms with E-state index in [1.165, 1.54) is 38.1 Å². The number of hydrogen-bond donors (Lipinski definition) is 5. The van der Waals surface area contributed by atoms with Gasteiger partial charge in [-0.3, -0.25) is 23.7 Å². The molecule has 24 nitrogen and oxygen atoms in total. The van der Waals surface area contributed by atoms with Gasteiger partial charge in [-0.2, -0.15) is 23.4 Å². The lowest BCUT2D eigenvalue weighted by molar-refractivity contribution is -0.120. The van der Waals surface area contributed by atoms with Crippen LogP contribution in [0.25, 0.3) is 12.2 Å². The quantitative estimate of drug-likeness (QED) is 0.0105. The van der Waals surface area contributed by atoms with E-state index in [2.05, 4.69) is 61.5 Å². The number of ketones is 2. The molecule has 0 bridgehead atoms. The zero-order valence-electron chi connectivity index (χ0n) is 49.0. The number of anilines is 8. The Hall–Kier alpha value is -8.83. The number of benzene rings is 4. The zero-order valence-corrected chi connectivity index (χ0v) is 52.3. The van der Waals surface area contributed by atoms with Crippen molar-refractivity contribution in [3.05, 3.63) is 112 Å². The minimum Gasteiger partial charge on any atom is -0.494 e. The molecule has 0 unspecified atom stereocenters. The Balaban J connectivity index is 1.19. The van der Waals surface area contributed by atoms with Gasteiger partial charge in [0.15, 0.2) is 16.7 Å². The molecule has 3 heterocycles. The summed E-state index contributed by atoms with van der Waals surface area (Å²) in [6.07, 6.45) is 9.18. The van der Waals surface area contributed by atoms with Crippen molar-refractivity contribution >= 4 is 148 Å². The number of nitrogens with zero attached hydrogens (tertiary/aromatic N) is 11. The normalized spacial score (nSPS) is 13.2. The van der Waals surface area contributed by atoms with Gasteiger partial charge in [0.1, 0.15) is 22.9 Å². The lowest BCUT2D eigenvalue weighted by Crippen LogP contribution is -2.22. The van der Waals surface area contributed by atoms with Crippen molar-refractivity contribution in [3.8, 4) is 11.5 Å². The maximum atomic E-state index is 13.4. The number of thioether (sulfide) groups is 1. The summed E-state index contributed by atoms with van der Waals surface area (Å²) in [6, 6.07) is 24.2. The summed E-state index contributed by atoms with van der Waals surface area (Å²) >= 11 is 3.33. The third kappa shape index (κ3) is 17.0. The number of hydrogen-bond acceptors (Lipinski definition) is 24. The monoisotopic (exact) mass is 1260 g/mol. The number of ether oxygens (including phenoxy) is 2. The van der Waals surface area contributed by atoms with Crippen LogP contribution in [0.5, 0.6) is 11.5 Å². The molecule has 4 aromatic carbocycles. The Kier molecular flexibility index (Phi) is 22.1. The van der Waals surface area contributed by atoms with E-state index >= 15 is 0 Å². The van der Waals surface area contributed by atoms with Gasteiger partial charge in [0.05, 0.1) is 57.9 Å². The van der Waals surface area contributed by atoms with Crippen LogP contribution < -0.4 is 40.5 Å². The van der Waals surface area contributed by atoms with Gasteiger partial charge in [0, 0.05) is 61.1 Å². The van der Waals surface area contributed by atoms with Gasteiger partial charge < -0.3 is 40.5 Å². The van der Waals surface area contributed by atoms with E-state index in [1.54, 1.807) is 79.9 Å². The molecule has 5 N–H and O–H groups in total. The summed E-state index contributed by atoms with van der Waals surface area (Å²) in [5.41, 5.74) is 3.16. The summed E-state index contributed by atoms with van der Waals surface area (Å²) in [5.74, 6) is -1.33. The third-order valence-corrected chi connectivity index (χ3v) is 17.3. The molecule has 8 rings (SSSR count). The van der Waals surface area contributed by atoms with E-state index in [0.717, 1.165) is 62.1 Å². The first-order valence-electron chi connectivity index (χ1n) is 27.8. The van der Waals surface area contributed by atoms with Crippen LogP contribution in [0, 0.1) is 0 Å². The Morgan fingerprint density at radius 2 is 1.14 bits per heavy atom. The Morgan fingerprint density at radius 1 is 0.655 bits per heavy atom. The van der Waals surface area contributed by atoms with Crippen LogP contribution in [0.1, 0.15) is 83.4 Å². The molecular weight excluding hydrogens is 1190 g/mol. The first kappa shape index (κ1) is 64.2. The summed E-state index contributed by atoms with van der Waals surface area (Å²) < 4.78 is 47.7. The zero-order chi connectivity index (χ0) is 62.2. The van der Waals surface area contributed by atoms with E-state index in [1.807, 2.05) is 39.8 Å². The first-order chi connectivity index (χ1) is 41.9. The summed E-state index contributed by atoms with van der Waals surface area (Å²) in [7, 11) is -1.94. The third-order valence-electron chi connectivity index (χ3n) is 13.5. The number of amides is 2. The highest BCUT2D eigenvalue weighted by Crippen LogP contribution is 2.44. The fourth-order valence-corrected chi connectivity index (χ4v) is 12.7. The van der Waals surface area contributed by atoms with Gasteiger partial charge in [0.2, 0.25) is 27.2 Å². The van der Waals surface area contributed by atoms with Gasteiger partial charge in [0.25, 0.3) is 11.8 Å². The Morgan fingerprint density at radius 3 is 1.60 bits per heavy atom. The SMILES string of the molecule is CCN(CC)c1cc(Nc2nc(Nc3cc(N(CC)CC)c(OC)cc3/N=N/c3nc(S(=O)(=O)O)c(/C=C(/C(C)=O)C(=O)Nc4ccccc4)s3)nc(SC3CCCCC3)n2)c(/N=N/c2ncc(/C=C(\C(C)=O)C(=O)Nc3ccccc3)s2)cc1OC. The largest absolute Gasteiger partial charge is 0.494 e. The van der Waals surface area contributed by atoms with Crippen LogP contribution in [-0.4, -0.2) is 107 Å². The van der Waals surface area contributed by atoms with Crippen molar-refractivity contribution in [2.24, 2.45) is 20.5 Å². The van der Waals surface area contributed by atoms with Crippen LogP contribution in [0.3, 0.4) is 0 Å². The highest BCUT2D eigenvalue weighted by molar-refractivity contribution is 7.99. The number of carbonyl (C=O) groups excluding carboxylic acids is 4. The Bertz CT molecular complexity index is 3860. The van der Waals surface area contributed by atoms with Crippen molar-refractivity contribution in [2.45, 2.75) is 89.1 Å². The molecule has 0 saturated heterocycles. The Labute approximate surface area is 515 Å². The molecule has 1 aliphatic rings. The summed E-state index contributed by atoms with van der Waals surface area (Å²) in [6.45, 7) is 13.0. The van der Waals surface area contributed by atoms with Crippen molar-refractivity contribution in [3.63, 3.8) is 0 Å². The van der Waals surface area contributed by atoms with Crippen molar-refractivity contribution < 1.29 is 41.6 Å². The molecule has 1 saturated carbocycles. The van der Waals surface area contributed by atoms with Crippen LogP contribution in [0.15, 0.2) is 133 Å². The average molecular weight is 1260 g/mol. The lowest BCUT2D eigenvalue weighted by atomic mass is 10.0. The number of azo groups is 2. The van der Waals surface area contributed by atoms with Gasteiger partial charge in [-0.25, -0.2) is 9.97 Å². The molecule has 454 valence electrons. The highest BCUT2D eigenvalue weighted by atomic mass is 32.2. The van der Waals surface area contributed by atoms with Gasteiger partial charge >= 0.3 is 10.1 Å². The van der Waals surface area contributed by atoms with E-state index < -0.39 is 44.1 Å². The van der Waals surface area contributed by atoms with Gasteiger partial charge in [-0.1, -0.05) is 90.1 Å². The number of nitrogens with one attached hydrogen (secondary N) is 4. The summed E-state index contributed by atoms with van der Waals surface area (Å²) in [5, 5.41) is 30.0. The van der Waals surface area contributed by atoms with E-state index in [4.69, 9.17) is 24.4 Å². The van der Waals surface area contributed by atoms with Crippen molar-refractivity contribution in [2.75, 3.05) is 71.5 Å². The molecule has 87 heavy (non-hydrogen) atoms. The average Bonchev–Trinajstić information content (AvgIpc) is 4.29. The van der Waals surface area contributed by atoms with Crippen molar-refractivity contribution in [1.82, 2.24) is 24.9 Å². The maximum Gasteiger partial charge on any atom is 0.313 e. The minimum absolute atomic E-state index is 0.0665. The second-order valence-corrected chi connectivity index (χ2v) is 23.9. The fraction of sp³-hybridized carbons (Fsp3) is 0.305. The molecule has 3 aromatic heterocycles. The number of methoxy groups -OCH3 is 2. The number of thiazole rings is 2. The van der Waals surface area contributed by atoms with Crippen LogP contribution in [0.2, 0.25) is 0 Å². The predicted molar refractivity (Wildman–Crippen MR) is 342 cm³/mol. The maximum absolute atomic E-state index is 13.4. The molecule has 1 fully saturated rings. The van der Waals surface area contributed by atoms with Gasteiger partial charge in [-0.05, 0) is 103 Å². The minimum atomic E-state index is -5.02. The van der Waals surface area contributed by atoms with Crippen molar-refractivity contribution in [1.29, 1.82) is 0 Å². The molecule has 2 amide bonds. The topological polar surface area (TPSA) is 310 Å². The molecule has 28 heteroatoms. The lowest BCUT2D eigenvalue weighted by Gasteiger charge is -2.25. The summed E-state index contributed by atoms with van der Waals surface area (Å²) in [4.78, 5) is 79.9. The predicted octanol–water partition coefficient (Wildman–Crippen LogP) is 13.7. The molecule has 0 radical (unpaired) electrons. The second-order valence-electron chi connectivity index (χ2n) is 19.3. The number of Topliss-reactive ketones (excluding diaryl/α,β-unsaturated/α-hetero) is 2. The molecular formula is C59H65N15O9S4. The number of rotatable bonds is 27. The van der Waals surface area contributed by atoms with E-state index in [0.29, 0.717) is 93.2 Å². The number of aromatic nitrogens is 5.